The van der Waals surface area contributed by atoms with Crippen LogP contribution in [0.3, 0.4) is 0 Å². The Labute approximate surface area is 176 Å². The Morgan fingerprint density at radius 2 is 1.97 bits per heavy atom. The highest BCUT2D eigenvalue weighted by Gasteiger charge is 2.16. The summed E-state index contributed by atoms with van der Waals surface area (Å²) in [7, 11) is -3.72. The van der Waals surface area contributed by atoms with Gasteiger partial charge in [0.1, 0.15) is 5.82 Å². The molecular weight excluding hydrogens is 435 g/mol. The van der Waals surface area contributed by atoms with Crippen LogP contribution in [0.25, 0.3) is 16.3 Å². The average molecular weight is 451 g/mol. The van der Waals surface area contributed by atoms with Gasteiger partial charge in [0.2, 0.25) is 15.0 Å². The number of halogens is 2. The minimum atomic E-state index is -3.72. The van der Waals surface area contributed by atoms with E-state index in [2.05, 4.69) is 14.8 Å². The molecule has 0 aliphatic carbocycles. The number of benzene rings is 2. The minimum absolute atomic E-state index is 0.0395. The van der Waals surface area contributed by atoms with E-state index in [4.69, 9.17) is 11.6 Å². The maximum atomic E-state index is 13.4. The van der Waals surface area contributed by atoms with Crippen LogP contribution < -0.4 is 4.72 Å². The molecule has 10 heteroatoms. The highest BCUT2D eigenvalue weighted by atomic mass is 35.5. The number of thiazole rings is 1. The smallest absolute Gasteiger partial charge is 0.211 e. The van der Waals surface area contributed by atoms with E-state index in [1.54, 1.807) is 16.6 Å². The van der Waals surface area contributed by atoms with Gasteiger partial charge in [-0.2, -0.15) is 4.98 Å². The first-order chi connectivity index (χ1) is 13.8. The Balaban J connectivity index is 1.48. The number of hydrogen-bond acceptors (Lipinski definition) is 5. The second kappa shape index (κ2) is 7.83. The van der Waals surface area contributed by atoms with Crippen molar-refractivity contribution in [1.82, 2.24) is 19.3 Å². The molecule has 0 unspecified atom stereocenters. The molecule has 0 saturated heterocycles. The zero-order valence-electron chi connectivity index (χ0n) is 15.3. The minimum Gasteiger partial charge on any atom is -0.211 e. The Kier molecular flexibility index (Phi) is 5.39. The zero-order chi connectivity index (χ0) is 20.6. The number of fused-ring (bicyclic) bond motifs is 1. The molecule has 1 N–H and O–H groups in total. The van der Waals surface area contributed by atoms with Crippen LogP contribution in [0, 0.1) is 12.7 Å². The van der Waals surface area contributed by atoms with Gasteiger partial charge < -0.3 is 0 Å². The molecule has 0 aliphatic heterocycles. The lowest BCUT2D eigenvalue weighted by Crippen LogP contribution is -2.26. The molecule has 0 spiro atoms. The van der Waals surface area contributed by atoms with Crippen molar-refractivity contribution in [3.63, 3.8) is 0 Å². The zero-order valence-corrected chi connectivity index (χ0v) is 17.7. The molecule has 29 heavy (non-hydrogen) atoms. The number of nitrogens with zero attached hydrogens (tertiary/aromatic N) is 3. The maximum absolute atomic E-state index is 13.4. The summed E-state index contributed by atoms with van der Waals surface area (Å²) in [6.07, 6.45) is 0.433. The fourth-order valence-corrected chi connectivity index (χ4v) is 4.90. The van der Waals surface area contributed by atoms with Gasteiger partial charge in [0.15, 0.2) is 5.82 Å². The topological polar surface area (TPSA) is 76.4 Å². The molecule has 150 valence electrons. The lowest BCUT2D eigenvalue weighted by Gasteiger charge is -2.07. The second-order valence-corrected chi connectivity index (χ2v) is 9.46. The van der Waals surface area contributed by atoms with Crippen LogP contribution in [-0.2, 0) is 16.4 Å². The van der Waals surface area contributed by atoms with Crippen molar-refractivity contribution < 1.29 is 12.8 Å². The van der Waals surface area contributed by atoms with E-state index in [0.29, 0.717) is 17.3 Å². The molecule has 0 radical (unpaired) electrons. The standard InChI is InChI=1S/C19H16ClFN4O2S2/c1-12-10-16(6-7-17(12)21)29(26,27)22-9-8-15-11-28-19-23-18(24-25(15)19)13-2-4-14(20)5-3-13/h2-7,10-11,22H,8-9H2,1H3. The van der Waals surface area contributed by atoms with Gasteiger partial charge in [-0.05, 0) is 55.0 Å². The van der Waals surface area contributed by atoms with Crippen molar-refractivity contribution in [1.29, 1.82) is 0 Å². The lowest BCUT2D eigenvalue weighted by atomic mass is 10.2. The molecule has 0 saturated carbocycles. The monoisotopic (exact) mass is 450 g/mol. The second-order valence-electron chi connectivity index (χ2n) is 6.42. The normalized spacial score (nSPS) is 12.0. The molecule has 0 amide bonds. The van der Waals surface area contributed by atoms with Crippen LogP contribution in [-0.4, -0.2) is 29.6 Å². The fourth-order valence-electron chi connectivity index (χ4n) is 2.80. The van der Waals surface area contributed by atoms with Gasteiger partial charge >= 0.3 is 0 Å². The number of rotatable bonds is 6. The number of aryl methyl sites for hydroxylation is 1. The number of hydrogen-bond donors (Lipinski definition) is 1. The Morgan fingerprint density at radius 3 is 2.69 bits per heavy atom. The molecule has 0 fully saturated rings. The summed E-state index contributed by atoms with van der Waals surface area (Å²) in [5.41, 5.74) is 1.98. The van der Waals surface area contributed by atoms with Crippen LogP contribution in [0.1, 0.15) is 11.3 Å². The third-order valence-corrected chi connectivity index (χ3v) is 6.94. The summed E-state index contributed by atoms with van der Waals surface area (Å²) < 4.78 is 42.5. The van der Waals surface area contributed by atoms with Crippen molar-refractivity contribution in [2.45, 2.75) is 18.2 Å². The Hall–Kier alpha value is -2.33. The summed E-state index contributed by atoms with van der Waals surface area (Å²) in [4.78, 5) is 5.27. The van der Waals surface area contributed by atoms with Gasteiger partial charge in [0, 0.05) is 28.9 Å². The van der Waals surface area contributed by atoms with Crippen LogP contribution in [0.15, 0.2) is 52.7 Å². The third-order valence-electron chi connectivity index (χ3n) is 4.37. The van der Waals surface area contributed by atoms with Crippen LogP contribution >= 0.6 is 22.9 Å². The van der Waals surface area contributed by atoms with E-state index in [1.807, 2.05) is 17.5 Å². The summed E-state index contributed by atoms with van der Waals surface area (Å²) >= 11 is 7.35. The molecule has 0 aliphatic rings. The van der Waals surface area contributed by atoms with Crippen molar-refractivity contribution in [3.8, 4) is 11.4 Å². The number of sulfonamides is 1. The quantitative estimate of drug-likeness (QED) is 0.480. The SMILES string of the molecule is Cc1cc(S(=O)(=O)NCCc2csc3nc(-c4ccc(Cl)cc4)nn23)ccc1F. The van der Waals surface area contributed by atoms with Crippen LogP contribution in [0.5, 0.6) is 0 Å². The Morgan fingerprint density at radius 1 is 1.21 bits per heavy atom. The molecule has 0 atom stereocenters. The highest BCUT2D eigenvalue weighted by molar-refractivity contribution is 7.89. The molecule has 0 bridgehead atoms. The van der Waals surface area contributed by atoms with Crippen LogP contribution in [0.4, 0.5) is 4.39 Å². The van der Waals surface area contributed by atoms with Crippen LogP contribution in [0.2, 0.25) is 5.02 Å². The van der Waals surface area contributed by atoms with E-state index in [1.165, 1.54) is 30.4 Å². The van der Waals surface area contributed by atoms with E-state index < -0.39 is 15.8 Å². The molecule has 2 aromatic carbocycles. The van der Waals surface area contributed by atoms with Gasteiger partial charge in [0.25, 0.3) is 0 Å². The van der Waals surface area contributed by atoms with Crippen molar-refractivity contribution in [3.05, 3.63) is 69.9 Å². The maximum Gasteiger partial charge on any atom is 0.240 e. The van der Waals surface area contributed by atoms with Crippen molar-refractivity contribution >= 4 is 37.9 Å². The summed E-state index contributed by atoms with van der Waals surface area (Å²) in [5, 5.41) is 7.06. The molecular formula is C19H16ClFN4O2S2. The van der Waals surface area contributed by atoms with Gasteiger partial charge in [-0.1, -0.05) is 11.6 Å². The molecule has 4 rings (SSSR count). The highest BCUT2D eigenvalue weighted by Crippen LogP contribution is 2.22. The van der Waals surface area contributed by atoms with Gasteiger partial charge in [-0.25, -0.2) is 22.0 Å². The summed E-state index contributed by atoms with van der Waals surface area (Å²) in [6, 6.07) is 11.0. The largest absolute Gasteiger partial charge is 0.240 e. The van der Waals surface area contributed by atoms with Gasteiger partial charge in [-0.3, -0.25) is 0 Å². The lowest BCUT2D eigenvalue weighted by molar-refractivity contribution is 0.579. The summed E-state index contributed by atoms with van der Waals surface area (Å²) in [6.45, 7) is 1.71. The number of aromatic nitrogens is 3. The van der Waals surface area contributed by atoms with Gasteiger partial charge in [0.05, 0.1) is 10.6 Å². The third kappa shape index (κ3) is 4.18. The first-order valence-electron chi connectivity index (χ1n) is 8.68. The van der Waals surface area contributed by atoms with E-state index >= 15 is 0 Å². The molecule has 4 aromatic rings. The first kappa shape index (κ1) is 20.0. The van der Waals surface area contributed by atoms with Crippen molar-refractivity contribution in [2.75, 3.05) is 6.54 Å². The average Bonchev–Trinajstić information content (AvgIpc) is 3.26. The molecule has 2 heterocycles. The predicted octanol–water partition coefficient (Wildman–Crippen LogP) is 4.08. The first-order valence-corrected chi connectivity index (χ1v) is 11.4. The molecule has 2 aromatic heterocycles. The van der Waals surface area contributed by atoms with E-state index in [9.17, 15) is 12.8 Å². The summed E-state index contributed by atoms with van der Waals surface area (Å²) in [5.74, 6) is 0.143. The van der Waals surface area contributed by atoms with Crippen molar-refractivity contribution in [2.24, 2.45) is 0 Å². The molecule has 6 nitrogen and oxygen atoms in total. The predicted molar refractivity (Wildman–Crippen MR) is 111 cm³/mol. The fraction of sp³-hybridized carbons (Fsp3) is 0.158. The Bertz CT molecular complexity index is 1280. The number of nitrogens with one attached hydrogen (secondary N) is 1. The van der Waals surface area contributed by atoms with E-state index in [0.717, 1.165) is 22.3 Å². The van der Waals surface area contributed by atoms with Gasteiger partial charge in [-0.15, -0.1) is 16.4 Å². The van der Waals surface area contributed by atoms with E-state index in [-0.39, 0.29) is 17.0 Å².